The van der Waals surface area contributed by atoms with Crippen LogP contribution in [-0.4, -0.2) is 70.7 Å². The van der Waals surface area contributed by atoms with Crippen molar-refractivity contribution < 1.29 is 9.59 Å². The first-order valence-corrected chi connectivity index (χ1v) is 12.3. The Kier molecular flexibility index (Phi) is 7.20. The van der Waals surface area contributed by atoms with Crippen molar-refractivity contribution in [1.82, 2.24) is 24.9 Å². The Morgan fingerprint density at radius 3 is 2.31 bits per heavy atom. The quantitative estimate of drug-likeness (QED) is 0.545. The van der Waals surface area contributed by atoms with Gasteiger partial charge in [0.1, 0.15) is 5.82 Å². The molecule has 8 nitrogen and oxygen atoms in total. The maximum absolute atomic E-state index is 12.6. The van der Waals surface area contributed by atoms with E-state index in [1.165, 1.54) is 5.56 Å². The van der Waals surface area contributed by atoms with Gasteiger partial charge in [0.25, 0.3) is 5.91 Å². The predicted octanol–water partition coefficient (Wildman–Crippen LogP) is 2.37. The zero-order valence-corrected chi connectivity index (χ0v) is 20.0. The highest BCUT2D eigenvalue weighted by molar-refractivity contribution is 5.95. The summed E-state index contributed by atoms with van der Waals surface area (Å²) in [6, 6.07) is 20.0. The highest BCUT2D eigenvalue weighted by Gasteiger charge is 2.24. The summed E-state index contributed by atoms with van der Waals surface area (Å²) in [6.45, 7) is 7.71. The van der Waals surface area contributed by atoms with Crippen molar-refractivity contribution in [2.24, 2.45) is 0 Å². The summed E-state index contributed by atoms with van der Waals surface area (Å²) in [4.78, 5) is 31.7. The van der Waals surface area contributed by atoms with Gasteiger partial charge in [0.15, 0.2) is 0 Å². The molecule has 0 atom stereocenters. The number of aryl methyl sites for hydroxylation is 1. The van der Waals surface area contributed by atoms with Crippen LogP contribution in [0, 0.1) is 0 Å². The molecule has 1 fully saturated rings. The first kappa shape index (κ1) is 23.3. The van der Waals surface area contributed by atoms with Crippen LogP contribution in [0.5, 0.6) is 0 Å². The normalized spacial score (nSPS) is 16.8. The van der Waals surface area contributed by atoms with Gasteiger partial charge in [-0.2, -0.15) is 5.10 Å². The summed E-state index contributed by atoms with van der Waals surface area (Å²) in [7, 11) is 0. The first-order chi connectivity index (χ1) is 17.2. The second-order valence-corrected chi connectivity index (χ2v) is 9.20. The van der Waals surface area contributed by atoms with Crippen molar-refractivity contribution in [2.45, 2.75) is 26.1 Å². The van der Waals surface area contributed by atoms with Crippen molar-refractivity contribution in [3.63, 3.8) is 0 Å². The van der Waals surface area contributed by atoms with Crippen LogP contribution in [0.1, 0.15) is 27.9 Å². The molecule has 3 aromatic rings. The zero-order valence-electron chi connectivity index (χ0n) is 20.0. The number of carbonyl (C=O) groups excluding carboxylic acids is 2. The number of aromatic nitrogens is 2. The number of nitrogens with one attached hydrogen (secondary N) is 1. The van der Waals surface area contributed by atoms with Crippen LogP contribution >= 0.6 is 0 Å². The Morgan fingerprint density at radius 2 is 1.54 bits per heavy atom. The molecule has 0 saturated carbocycles. The lowest BCUT2D eigenvalue weighted by atomic mass is 10.1. The zero-order chi connectivity index (χ0) is 24.0. The van der Waals surface area contributed by atoms with E-state index in [1.807, 2.05) is 35.0 Å². The van der Waals surface area contributed by atoms with E-state index in [0.29, 0.717) is 31.6 Å². The predicted molar refractivity (Wildman–Crippen MR) is 135 cm³/mol. The minimum Gasteiger partial charge on any atom is -0.351 e. The van der Waals surface area contributed by atoms with Crippen LogP contribution in [0.2, 0.25) is 0 Å². The largest absolute Gasteiger partial charge is 0.351 e. The van der Waals surface area contributed by atoms with Gasteiger partial charge in [-0.3, -0.25) is 24.3 Å². The number of amides is 2. The minimum absolute atomic E-state index is 0.0635. The Labute approximate surface area is 206 Å². The van der Waals surface area contributed by atoms with Crippen LogP contribution in [0.4, 0.5) is 5.82 Å². The molecule has 1 N–H and O–H groups in total. The summed E-state index contributed by atoms with van der Waals surface area (Å²) in [5.74, 6) is 0.857. The van der Waals surface area contributed by atoms with E-state index >= 15 is 0 Å². The van der Waals surface area contributed by atoms with Crippen molar-refractivity contribution >= 4 is 17.6 Å². The SMILES string of the molecule is O=C(NCCN1CCN(Cc2ccccc2)CC1)c1ccc(CN2C(=O)CCn3nccc32)cc1. The third-order valence-corrected chi connectivity index (χ3v) is 6.79. The fraction of sp³-hybridized carbons (Fsp3) is 0.370. The van der Waals surface area contributed by atoms with Gasteiger partial charge in [-0.05, 0) is 23.3 Å². The maximum atomic E-state index is 12.6. The molecule has 3 heterocycles. The van der Waals surface area contributed by atoms with Gasteiger partial charge in [0.05, 0.1) is 19.3 Å². The van der Waals surface area contributed by atoms with E-state index in [1.54, 1.807) is 11.1 Å². The molecular weight excluding hydrogens is 440 g/mol. The molecule has 2 aromatic carbocycles. The van der Waals surface area contributed by atoms with Crippen LogP contribution in [0.15, 0.2) is 66.9 Å². The monoisotopic (exact) mass is 472 g/mol. The second kappa shape index (κ2) is 10.8. The molecule has 0 aliphatic carbocycles. The molecule has 1 saturated heterocycles. The number of rotatable bonds is 8. The van der Waals surface area contributed by atoms with Gasteiger partial charge >= 0.3 is 0 Å². The number of benzene rings is 2. The average Bonchev–Trinajstić information content (AvgIpc) is 3.37. The van der Waals surface area contributed by atoms with Crippen LogP contribution in [0.3, 0.4) is 0 Å². The molecule has 2 aliphatic heterocycles. The number of hydrogen-bond donors (Lipinski definition) is 1. The van der Waals surface area contributed by atoms with Crippen LogP contribution in [-0.2, 0) is 24.4 Å². The second-order valence-electron chi connectivity index (χ2n) is 9.20. The Morgan fingerprint density at radius 1 is 0.829 bits per heavy atom. The number of fused-ring (bicyclic) bond motifs is 1. The summed E-state index contributed by atoms with van der Waals surface area (Å²) >= 11 is 0. The molecule has 0 unspecified atom stereocenters. The molecule has 0 radical (unpaired) electrons. The average molecular weight is 473 g/mol. The molecule has 35 heavy (non-hydrogen) atoms. The first-order valence-electron chi connectivity index (χ1n) is 12.3. The molecule has 2 amide bonds. The Hall–Kier alpha value is -3.49. The molecule has 1 aromatic heterocycles. The Bertz CT molecular complexity index is 1140. The van der Waals surface area contributed by atoms with E-state index in [0.717, 1.165) is 50.6 Å². The third kappa shape index (κ3) is 5.78. The smallest absolute Gasteiger partial charge is 0.251 e. The van der Waals surface area contributed by atoms with Gasteiger partial charge < -0.3 is 5.32 Å². The lowest BCUT2D eigenvalue weighted by molar-refractivity contribution is -0.119. The Balaban J connectivity index is 1.05. The number of piperazine rings is 1. The third-order valence-electron chi connectivity index (χ3n) is 6.79. The number of anilines is 1. The summed E-state index contributed by atoms with van der Waals surface area (Å²) in [5.41, 5.74) is 2.97. The molecule has 0 spiro atoms. The minimum atomic E-state index is -0.0635. The van der Waals surface area contributed by atoms with E-state index in [9.17, 15) is 9.59 Å². The molecular formula is C27H32N6O2. The maximum Gasteiger partial charge on any atom is 0.251 e. The fourth-order valence-electron chi connectivity index (χ4n) is 4.75. The van der Waals surface area contributed by atoms with Gasteiger partial charge in [-0.25, -0.2) is 4.68 Å². The lowest BCUT2D eigenvalue weighted by Crippen LogP contribution is -2.48. The summed E-state index contributed by atoms with van der Waals surface area (Å²) in [6.07, 6.45) is 2.18. The van der Waals surface area contributed by atoms with E-state index in [4.69, 9.17) is 0 Å². The molecule has 2 aliphatic rings. The lowest BCUT2D eigenvalue weighted by Gasteiger charge is -2.34. The summed E-state index contributed by atoms with van der Waals surface area (Å²) < 4.78 is 1.85. The van der Waals surface area contributed by atoms with Crippen LogP contribution < -0.4 is 10.2 Å². The molecule has 0 bridgehead atoms. The van der Waals surface area contributed by atoms with E-state index < -0.39 is 0 Å². The molecule has 8 heteroatoms. The van der Waals surface area contributed by atoms with Crippen molar-refractivity contribution in [3.8, 4) is 0 Å². The van der Waals surface area contributed by atoms with Gasteiger partial charge in [0.2, 0.25) is 5.91 Å². The van der Waals surface area contributed by atoms with Gasteiger partial charge in [-0.15, -0.1) is 0 Å². The highest BCUT2D eigenvalue weighted by atomic mass is 16.2. The van der Waals surface area contributed by atoms with Crippen molar-refractivity contribution in [2.75, 3.05) is 44.2 Å². The standard InChI is InChI=1S/C27H32N6O2/c34-26-11-14-33-25(10-12-29-33)32(26)21-23-6-8-24(9-7-23)27(35)28-13-15-30-16-18-31(19-17-30)20-22-4-2-1-3-5-22/h1-10,12H,11,13-21H2,(H,28,35). The molecule has 182 valence electrons. The number of hydrogen-bond acceptors (Lipinski definition) is 5. The fourth-order valence-corrected chi connectivity index (χ4v) is 4.75. The van der Waals surface area contributed by atoms with Gasteiger partial charge in [-0.1, -0.05) is 42.5 Å². The van der Waals surface area contributed by atoms with E-state index in [-0.39, 0.29) is 11.8 Å². The van der Waals surface area contributed by atoms with Crippen molar-refractivity contribution in [3.05, 3.63) is 83.6 Å². The molecule has 5 rings (SSSR count). The van der Waals surface area contributed by atoms with Crippen LogP contribution in [0.25, 0.3) is 0 Å². The summed E-state index contributed by atoms with van der Waals surface area (Å²) in [5, 5.41) is 7.31. The highest BCUT2D eigenvalue weighted by Crippen LogP contribution is 2.23. The van der Waals surface area contributed by atoms with E-state index in [2.05, 4.69) is 50.5 Å². The van der Waals surface area contributed by atoms with Crippen molar-refractivity contribution in [1.29, 1.82) is 0 Å². The number of nitrogens with zero attached hydrogens (tertiary/aromatic N) is 5. The van der Waals surface area contributed by atoms with Gasteiger partial charge in [0, 0.05) is 63.9 Å². The number of carbonyl (C=O) groups is 2. The topological polar surface area (TPSA) is 73.7 Å².